The number of aliphatic hydroxyl groups excluding tert-OH is 1. The third-order valence-electron chi connectivity index (χ3n) is 3.00. The maximum absolute atomic E-state index is 12.9. The topological polar surface area (TPSA) is 89.9 Å². The highest BCUT2D eigenvalue weighted by Gasteiger charge is 2.39. The molecule has 20 heavy (non-hydrogen) atoms. The predicted octanol–water partition coefficient (Wildman–Crippen LogP) is 1.64. The number of hydrogen-bond acceptors (Lipinski definition) is 3. The van der Waals surface area contributed by atoms with E-state index in [-0.39, 0.29) is 13.0 Å². The van der Waals surface area contributed by atoms with Crippen molar-refractivity contribution in [1.29, 1.82) is 0 Å². The van der Waals surface area contributed by atoms with Gasteiger partial charge in [0.05, 0.1) is 11.8 Å². The molecule has 108 valence electrons. The number of carboxylic acid groups (broad SMARTS) is 1. The summed E-state index contributed by atoms with van der Waals surface area (Å²) in [5.74, 6) is -1.63. The zero-order chi connectivity index (χ0) is 14.9. The number of likely N-dealkylation sites (tertiary alicyclic amines) is 1. The minimum absolute atomic E-state index is 0.00661. The summed E-state index contributed by atoms with van der Waals surface area (Å²) in [5, 5.41) is 21.0. The van der Waals surface area contributed by atoms with Crippen LogP contribution < -0.4 is 5.32 Å². The average molecular weight is 347 g/mol. The minimum atomic E-state index is -1.17. The van der Waals surface area contributed by atoms with Crippen LogP contribution in [0.5, 0.6) is 0 Å². The lowest BCUT2D eigenvalue weighted by Gasteiger charge is -2.21. The maximum Gasteiger partial charge on any atom is 0.326 e. The van der Waals surface area contributed by atoms with Crippen LogP contribution in [0.15, 0.2) is 22.7 Å². The molecule has 0 aliphatic carbocycles. The first kappa shape index (κ1) is 14.7. The second-order valence-corrected chi connectivity index (χ2v) is 5.30. The number of β-amino-alcohol motifs (C(OH)–C–C–N with tert-alkyl or cyclic N) is 1. The molecule has 1 aromatic rings. The van der Waals surface area contributed by atoms with Crippen LogP contribution in [0.1, 0.15) is 6.42 Å². The molecule has 1 aromatic carbocycles. The van der Waals surface area contributed by atoms with Crippen LogP contribution in [0.4, 0.5) is 14.9 Å². The summed E-state index contributed by atoms with van der Waals surface area (Å²) in [6.45, 7) is -0.0540. The summed E-state index contributed by atoms with van der Waals surface area (Å²) in [6, 6.07) is 2.00. The van der Waals surface area contributed by atoms with Gasteiger partial charge in [-0.25, -0.2) is 14.0 Å². The van der Waals surface area contributed by atoms with Gasteiger partial charge in [-0.2, -0.15) is 0 Å². The molecular formula is C12H12BrFN2O4. The number of amides is 2. The van der Waals surface area contributed by atoms with Gasteiger partial charge in [0.2, 0.25) is 0 Å². The maximum atomic E-state index is 12.9. The predicted molar refractivity (Wildman–Crippen MR) is 71.9 cm³/mol. The summed E-state index contributed by atoms with van der Waals surface area (Å²) in [7, 11) is 0. The standard InChI is InChI=1S/C12H12BrFN2O4/c13-8-3-6(14)1-2-9(8)15-12(20)16-5-7(17)4-10(16)11(18)19/h1-3,7,10,17H,4-5H2,(H,15,20)(H,18,19). The van der Waals surface area contributed by atoms with Crippen molar-refractivity contribution >= 4 is 33.6 Å². The molecule has 0 radical (unpaired) electrons. The number of urea groups is 1. The Balaban J connectivity index is 2.13. The number of carbonyl (C=O) groups excluding carboxylic acids is 1. The summed E-state index contributed by atoms with van der Waals surface area (Å²) in [5.41, 5.74) is 0.321. The second-order valence-electron chi connectivity index (χ2n) is 4.45. The van der Waals surface area contributed by atoms with E-state index in [0.717, 1.165) is 4.90 Å². The van der Waals surface area contributed by atoms with E-state index < -0.39 is 30.0 Å². The van der Waals surface area contributed by atoms with Gasteiger partial charge in [-0.3, -0.25) is 0 Å². The van der Waals surface area contributed by atoms with E-state index >= 15 is 0 Å². The monoisotopic (exact) mass is 346 g/mol. The van der Waals surface area contributed by atoms with Gasteiger partial charge in [0.15, 0.2) is 0 Å². The molecule has 2 atom stereocenters. The molecule has 1 saturated heterocycles. The molecule has 1 aliphatic heterocycles. The van der Waals surface area contributed by atoms with Crippen molar-refractivity contribution in [3.05, 3.63) is 28.5 Å². The van der Waals surface area contributed by atoms with E-state index in [1.807, 2.05) is 0 Å². The van der Waals surface area contributed by atoms with Crippen LogP contribution in [0.25, 0.3) is 0 Å². The number of anilines is 1. The smallest absolute Gasteiger partial charge is 0.326 e. The number of hydrogen-bond donors (Lipinski definition) is 3. The molecule has 0 spiro atoms. The Morgan fingerprint density at radius 2 is 2.15 bits per heavy atom. The normalized spacial score (nSPS) is 21.9. The molecule has 2 rings (SSSR count). The Kier molecular flexibility index (Phi) is 4.24. The number of carbonyl (C=O) groups is 2. The quantitative estimate of drug-likeness (QED) is 0.759. The van der Waals surface area contributed by atoms with Gasteiger partial charge in [-0.15, -0.1) is 0 Å². The molecular weight excluding hydrogens is 335 g/mol. The lowest BCUT2D eigenvalue weighted by Crippen LogP contribution is -2.43. The van der Waals surface area contributed by atoms with E-state index in [1.165, 1.54) is 18.2 Å². The Bertz CT molecular complexity index is 554. The first-order valence-electron chi connectivity index (χ1n) is 5.82. The fraction of sp³-hybridized carbons (Fsp3) is 0.333. The number of nitrogens with one attached hydrogen (secondary N) is 1. The van der Waals surface area contributed by atoms with Crippen molar-refractivity contribution in [3.8, 4) is 0 Å². The SMILES string of the molecule is O=C(O)C1CC(O)CN1C(=O)Nc1ccc(F)cc1Br. The number of rotatable bonds is 2. The zero-order valence-electron chi connectivity index (χ0n) is 10.2. The lowest BCUT2D eigenvalue weighted by molar-refractivity contribution is -0.141. The van der Waals surface area contributed by atoms with Gasteiger partial charge in [0.25, 0.3) is 0 Å². The molecule has 2 amide bonds. The molecule has 1 heterocycles. The number of aliphatic carboxylic acids is 1. The summed E-state index contributed by atoms with van der Waals surface area (Å²) in [4.78, 5) is 24.1. The van der Waals surface area contributed by atoms with Crippen molar-refractivity contribution in [2.24, 2.45) is 0 Å². The van der Waals surface area contributed by atoms with E-state index in [4.69, 9.17) is 5.11 Å². The fourth-order valence-electron chi connectivity index (χ4n) is 2.05. The highest BCUT2D eigenvalue weighted by Crippen LogP contribution is 2.25. The van der Waals surface area contributed by atoms with E-state index in [9.17, 15) is 19.1 Å². The van der Waals surface area contributed by atoms with E-state index in [0.29, 0.717) is 10.2 Å². The molecule has 1 aliphatic rings. The number of aliphatic hydroxyl groups is 1. The second kappa shape index (κ2) is 5.76. The summed E-state index contributed by atoms with van der Waals surface area (Å²) < 4.78 is 13.3. The lowest BCUT2D eigenvalue weighted by atomic mass is 10.2. The van der Waals surface area contributed by atoms with Crippen molar-refractivity contribution in [2.45, 2.75) is 18.6 Å². The molecule has 2 unspecified atom stereocenters. The van der Waals surface area contributed by atoms with Crippen LogP contribution in [0.2, 0.25) is 0 Å². The van der Waals surface area contributed by atoms with Gasteiger partial charge in [0, 0.05) is 17.4 Å². The van der Waals surface area contributed by atoms with E-state index in [1.54, 1.807) is 0 Å². The number of carboxylic acids is 1. The molecule has 0 saturated carbocycles. The first-order valence-corrected chi connectivity index (χ1v) is 6.61. The highest BCUT2D eigenvalue weighted by molar-refractivity contribution is 9.10. The van der Waals surface area contributed by atoms with Crippen molar-refractivity contribution in [1.82, 2.24) is 4.90 Å². The van der Waals surface area contributed by atoms with Gasteiger partial charge in [-0.1, -0.05) is 0 Å². The largest absolute Gasteiger partial charge is 0.480 e. The van der Waals surface area contributed by atoms with Crippen LogP contribution in [0, 0.1) is 5.82 Å². The van der Waals surface area contributed by atoms with Gasteiger partial charge < -0.3 is 20.4 Å². The summed E-state index contributed by atoms with van der Waals surface area (Å²) >= 11 is 3.10. The minimum Gasteiger partial charge on any atom is -0.480 e. The number of halogens is 2. The van der Waals surface area contributed by atoms with Crippen molar-refractivity contribution in [2.75, 3.05) is 11.9 Å². The third-order valence-corrected chi connectivity index (χ3v) is 3.65. The average Bonchev–Trinajstić information content (AvgIpc) is 2.75. The first-order chi connectivity index (χ1) is 9.38. The molecule has 1 fully saturated rings. The van der Waals surface area contributed by atoms with Crippen LogP contribution >= 0.6 is 15.9 Å². The van der Waals surface area contributed by atoms with Gasteiger partial charge >= 0.3 is 12.0 Å². The summed E-state index contributed by atoms with van der Waals surface area (Å²) in [6.07, 6.45) is -0.869. The van der Waals surface area contributed by atoms with Crippen LogP contribution in [0.3, 0.4) is 0 Å². The fourth-order valence-corrected chi connectivity index (χ4v) is 2.50. The Morgan fingerprint density at radius 1 is 1.45 bits per heavy atom. The third kappa shape index (κ3) is 3.07. The van der Waals surface area contributed by atoms with Crippen LogP contribution in [-0.2, 0) is 4.79 Å². The van der Waals surface area contributed by atoms with Crippen molar-refractivity contribution in [3.63, 3.8) is 0 Å². The van der Waals surface area contributed by atoms with E-state index in [2.05, 4.69) is 21.2 Å². The molecule has 6 nitrogen and oxygen atoms in total. The zero-order valence-corrected chi connectivity index (χ0v) is 11.8. The van der Waals surface area contributed by atoms with Crippen LogP contribution in [-0.4, -0.2) is 45.8 Å². The highest BCUT2D eigenvalue weighted by atomic mass is 79.9. The molecule has 8 heteroatoms. The Labute approximate surface area is 122 Å². The Hall–Kier alpha value is -1.67. The van der Waals surface area contributed by atoms with Crippen molar-refractivity contribution < 1.29 is 24.2 Å². The molecule has 0 bridgehead atoms. The van der Waals surface area contributed by atoms with Gasteiger partial charge in [0.1, 0.15) is 11.9 Å². The molecule has 0 aromatic heterocycles. The Morgan fingerprint density at radius 3 is 2.75 bits per heavy atom. The number of nitrogens with zero attached hydrogens (tertiary/aromatic N) is 1. The van der Waals surface area contributed by atoms with Gasteiger partial charge in [-0.05, 0) is 34.1 Å². The number of benzene rings is 1. The molecule has 3 N–H and O–H groups in total.